The number of carboxylic acids is 1. The molecule has 0 spiro atoms. The molecule has 4 nitrogen and oxygen atoms in total. The summed E-state index contributed by atoms with van der Waals surface area (Å²) in [5.74, 6) is 0.729. The molecule has 2 aliphatic heterocycles. The van der Waals surface area contributed by atoms with Crippen LogP contribution < -0.4 is 0 Å². The van der Waals surface area contributed by atoms with Crippen molar-refractivity contribution in [2.45, 2.75) is 33.1 Å². The molecular weight excluding hydrogens is 230 g/mol. The van der Waals surface area contributed by atoms with E-state index in [-0.39, 0.29) is 0 Å². The van der Waals surface area contributed by atoms with E-state index in [9.17, 15) is 9.90 Å². The number of carbonyl (C=O) groups is 1. The molecule has 0 aromatic heterocycles. The molecule has 0 radical (unpaired) electrons. The van der Waals surface area contributed by atoms with Crippen molar-refractivity contribution in [2.24, 2.45) is 17.3 Å². The Hall–Kier alpha value is -0.610. The van der Waals surface area contributed by atoms with Crippen LogP contribution >= 0.6 is 0 Å². The van der Waals surface area contributed by atoms with Gasteiger partial charge in [0.25, 0.3) is 0 Å². The first-order valence-corrected chi connectivity index (χ1v) is 7.07. The van der Waals surface area contributed by atoms with Gasteiger partial charge in [-0.25, -0.2) is 0 Å². The second-order valence-electron chi connectivity index (χ2n) is 6.22. The van der Waals surface area contributed by atoms with Crippen LogP contribution in [0, 0.1) is 17.3 Å². The summed E-state index contributed by atoms with van der Waals surface area (Å²) in [7, 11) is 0. The van der Waals surface area contributed by atoms with Gasteiger partial charge in [-0.2, -0.15) is 0 Å². The van der Waals surface area contributed by atoms with Crippen molar-refractivity contribution in [1.82, 2.24) is 4.90 Å². The van der Waals surface area contributed by atoms with Crippen molar-refractivity contribution in [1.29, 1.82) is 0 Å². The van der Waals surface area contributed by atoms with Crippen molar-refractivity contribution >= 4 is 5.97 Å². The molecule has 2 fully saturated rings. The molecule has 1 N–H and O–H groups in total. The van der Waals surface area contributed by atoms with Gasteiger partial charge in [-0.1, -0.05) is 13.8 Å². The summed E-state index contributed by atoms with van der Waals surface area (Å²) < 4.78 is 5.43. The molecule has 2 aliphatic rings. The topological polar surface area (TPSA) is 49.8 Å². The average Bonchev–Trinajstić information content (AvgIpc) is 2.35. The standard InChI is InChI=1S/C14H25NO3/c1-11-4-6-15(8-12(11)2)9-14(13(16)17)5-3-7-18-10-14/h11-12H,3-10H2,1-2H3,(H,16,17). The minimum atomic E-state index is -0.687. The van der Waals surface area contributed by atoms with Gasteiger partial charge in [0, 0.05) is 19.7 Å². The molecular formula is C14H25NO3. The monoisotopic (exact) mass is 255 g/mol. The van der Waals surface area contributed by atoms with E-state index in [2.05, 4.69) is 18.7 Å². The van der Waals surface area contributed by atoms with Gasteiger partial charge in [-0.3, -0.25) is 4.79 Å². The van der Waals surface area contributed by atoms with E-state index in [4.69, 9.17) is 4.74 Å². The van der Waals surface area contributed by atoms with Crippen LogP contribution in [-0.2, 0) is 9.53 Å². The Balaban J connectivity index is 1.99. The predicted octanol–water partition coefficient (Wildman–Crippen LogP) is 1.85. The van der Waals surface area contributed by atoms with Crippen molar-refractivity contribution in [3.05, 3.63) is 0 Å². The lowest BCUT2D eigenvalue weighted by atomic mass is 9.80. The van der Waals surface area contributed by atoms with Crippen LogP contribution in [0.1, 0.15) is 33.1 Å². The van der Waals surface area contributed by atoms with E-state index < -0.39 is 11.4 Å². The van der Waals surface area contributed by atoms with Crippen LogP contribution in [0.3, 0.4) is 0 Å². The summed E-state index contributed by atoms with van der Waals surface area (Å²) in [5.41, 5.74) is -0.668. The number of hydrogen-bond donors (Lipinski definition) is 1. The highest BCUT2D eigenvalue weighted by Crippen LogP contribution is 2.32. The minimum Gasteiger partial charge on any atom is -0.481 e. The van der Waals surface area contributed by atoms with Gasteiger partial charge in [0.2, 0.25) is 0 Å². The quantitative estimate of drug-likeness (QED) is 0.836. The Morgan fingerprint density at radius 2 is 2.22 bits per heavy atom. The fourth-order valence-electron chi connectivity index (χ4n) is 3.13. The summed E-state index contributed by atoms with van der Waals surface area (Å²) in [5, 5.41) is 9.53. The molecule has 104 valence electrons. The summed E-state index contributed by atoms with van der Waals surface area (Å²) in [6.45, 7) is 8.35. The lowest BCUT2D eigenvalue weighted by Gasteiger charge is -2.41. The lowest BCUT2D eigenvalue weighted by Crippen LogP contribution is -2.51. The van der Waals surface area contributed by atoms with Crippen LogP contribution in [-0.4, -0.2) is 48.8 Å². The van der Waals surface area contributed by atoms with Gasteiger partial charge >= 0.3 is 5.97 Å². The number of likely N-dealkylation sites (tertiary alicyclic amines) is 1. The number of hydrogen-bond acceptors (Lipinski definition) is 3. The third-order valence-corrected chi connectivity index (χ3v) is 4.72. The van der Waals surface area contributed by atoms with E-state index in [0.717, 1.165) is 31.8 Å². The summed E-state index contributed by atoms with van der Waals surface area (Å²) in [6, 6.07) is 0. The highest BCUT2D eigenvalue weighted by atomic mass is 16.5. The van der Waals surface area contributed by atoms with Gasteiger partial charge in [-0.15, -0.1) is 0 Å². The molecule has 3 unspecified atom stereocenters. The first kappa shape index (κ1) is 13.8. The number of nitrogens with zero attached hydrogens (tertiary/aromatic N) is 1. The first-order valence-electron chi connectivity index (χ1n) is 7.07. The summed E-state index contributed by atoms with van der Waals surface area (Å²) in [4.78, 5) is 13.9. The first-order chi connectivity index (χ1) is 8.53. The summed E-state index contributed by atoms with van der Waals surface area (Å²) in [6.07, 6.45) is 2.80. The van der Waals surface area contributed by atoms with Gasteiger partial charge in [0.05, 0.1) is 6.61 Å². The number of aliphatic carboxylic acids is 1. The fraction of sp³-hybridized carbons (Fsp3) is 0.929. The molecule has 0 bridgehead atoms. The molecule has 0 saturated carbocycles. The van der Waals surface area contributed by atoms with Crippen molar-refractivity contribution < 1.29 is 14.6 Å². The van der Waals surface area contributed by atoms with Crippen LogP contribution in [0.2, 0.25) is 0 Å². The molecule has 2 saturated heterocycles. The minimum absolute atomic E-state index is 0.378. The molecule has 2 heterocycles. The number of piperidine rings is 1. The Morgan fingerprint density at radius 3 is 2.78 bits per heavy atom. The van der Waals surface area contributed by atoms with Crippen molar-refractivity contribution in [3.8, 4) is 0 Å². The zero-order valence-electron chi connectivity index (χ0n) is 11.5. The fourth-order valence-corrected chi connectivity index (χ4v) is 3.13. The van der Waals surface area contributed by atoms with Crippen LogP contribution in [0.15, 0.2) is 0 Å². The van der Waals surface area contributed by atoms with Crippen LogP contribution in [0.25, 0.3) is 0 Å². The molecule has 4 heteroatoms. The predicted molar refractivity (Wildman–Crippen MR) is 69.5 cm³/mol. The maximum atomic E-state index is 11.6. The van der Waals surface area contributed by atoms with E-state index in [1.807, 2.05) is 0 Å². The van der Waals surface area contributed by atoms with Crippen LogP contribution in [0.5, 0.6) is 0 Å². The Kier molecular flexibility index (Phi) is 4.28. The SMILES string of the molecule is CC1CCN(CC2(C(=O)O)CCCOC2)CC1C. The van der Waals surface area contributed by atoms with Gasteiger partial charge in [0.15, 0.2) is 0 Å². The number of carboxylic acid groups (broad SMARTS) is 1. The molecule has 0 amide bonds. The molecule has 2 rings (SSSR count). The van der Waals surface area contributed by atoms with Gasteiger partial charge in [0.1, 0.15) is 5.41 Å². The highest BCUT2D eigenvalue weighted by molar-refractivity contribution is 5.75. The van der Waals surface area contributed by atoms with Crippen molar-refractivity contribution in [3.63, 3.8) is 0 Å². The van der Waals surface area contributed by atoms with Gasteiger partial charge in [-0.05, 0) is 37.6 Å². The Bertz CT molecular complexity index is 299. The third-order valence-electron chi connectivity index (χ3n) is 4.72. The maximum Gasteiger partial charge on any atom is 0.313 e. The Morgan fingerprint density at radius 1 is 1.44 bits per heavy atom. The molecule has 0 aliphatic carbocycles. The Labute approximate surface area is 109 Å². The number of rotatable bonds is 3. The normalized spacial score (nSPS) is 38.6. The second kappa shape index (κ2) is 5.57. The zero-order chi connectivity index (χ0) is 13.2. The highest BCUT2D eigenvalue weighted by Gasteiger charge is 2.42. The van der Waals surface area contributed by atoms with E-state index in [1.54, 1.807) is 0 Å². The molecule has 0 aromatic rings. The van der Waals surface area contributed by atoms with E-state index in [0.29, 0.717) is 25.7 Å². The maximum absolute atomic E-state index is 11.6. The molecule has 18 heavy (non-hydrogen) atoms. The zero-order valence-corrected chi connectivity index (χ0v) is 11.5. The smallest absolute Gasteiger partial charge is 0.313 e. The van der Waals surface area contributed by atoms with Crippen molar-refractivity contribution in [2.75, 3.05) is 32.8 Å². The van der Waals surface area contributed by atoms with Gasteiger partial charge < -0.3 is 14.7 Å². The summed E-state index contributed by atoms with van der Waals surface area (Å²) >= 11 is 0. The van der Waals surface area contributed by atoms with E-state index in [1.165, 1.54) is 6.42 Å². The molecule has 0 aromatic carbocycles. The average molecular weight is 255 g/mol. The van der Waals surface area contributed by atoms with Crippen LogP contribution in [0.4, 0.5) is 0 Å². The lowest BCUT2D eigenvalue weighted by molar-refractivity contribution is -0.160. The number of ether oxygens (including phenoxy) is 1. The second-order valence-corrected chi connectivity index (χ2v) is 6.22. The molecule has 3 atom stereocenters. The third kappa shape index (κ3) is 2.86. The largest absolute Gasteiger partial charge is 0.481 e. The van der Waals surface area contributed by atoms with E-state index >= 15 is 0 Å².